The number of hydrogen-bond acceptors (Lipinski definition) is 6. The first-order valence-electron chi connectivity index (χ1n) is 7.74. The Hall–Kier alpha value is -1.99. The van der Waals surface area contributed by atoms with E-state index in [1.807, 2.05) is 20.0 Å². The van der Waals surface area contributed by atoms with Crippen LogP contribution >= 0.6 is 11.3 Å². The number of aryl methyl sites for hydroxylation is 3. The predicted octanol–water partition coefficient (Wildman–Crippen LogP) is 2.40. The van der Waals surface area contributed by atoms with Gasteiger partial charge in [0.05, 0.1) is 17.6 Å². The molecule has 0 radical (unpaired) electrons. The summed E-state index contributed by atoms with van der Waals surface area (Å²) < 4.78 is 5.08. The lowest BCUT2D eigenvalue weighted by molar-refractivity contribution is 0.295. The largest absolute Gasteiger partial charge is 0.361 e. The van der Waals surface area contributed by atoms with Crippen LogP contribution in [0.5, 0.6) is 0 Å². The van der Waals surface area contributed by atoms with Gasteiger partial charge < -0.3 is 9.51 Å². The van der Waals surface area contributed by atoms with Crippen LogP contribution in [0.1, 0.15) is 34.1 Å². The van der Waals surface area contributed by atoms with E-state index >= 15 is 0 Å². The van der Waals surface area contributed by atoms with Crippen LogP contribution in [-0.4, -0.2) is 27.1 Å². The maximum atomic E-state index is 12.4. The van der Waals surface area contributed by atoms with Crippen molar-refractivity contribution in [1.82, 2.24) is 20.0 Å². The third-order valence-corrected chi connectivity index (χ3v) is 5.34. The zero-order valence-electron chi connectivity index (χ0n) is 13.2. The lowest BCUT2D eigenvalue weighted by Gasteiger charge is -2.13. The molecule has 0 bridgehead atoms. The van der Waals surface area contributed by atoms with E-state index in [2.05, 4.69) is 20.0 Å². The second-order valence-electron chi connectivity index (χ2n) is 6.15. The molecule has 0 spiro atoms. The van der Waals surface area contributed by atoms with E-state index in [0.29, 0.717) is 18.9 Å². The fourth-order valence-corrected chi connectivity index (χ4v) is 4.48. The highest BCUT2D eigenvalue weighted by atomic mass is 32.1. The van der Waals surface area contributed by atoms with Crippen molar-refractivity contribution in [3.63, 3.8) is 0 Å². The minimum absolute atomic E-state index is 0.00456. The Kier molecular flexibility index (Phi) is 3.54. The Morgan fingerprint density at radius 3 is 3.04 bits per heavy atom. The Morgan fingerprint density at radius 1 is 1.39 bits per heavy atom. The molecule has 3 aromatic rings. The second-order valence-corrected chi connectivity index (χ2v) is 7.23. The molecule has 0 amide bonds. The molecular weight excluding hydrogens is 312 g/mol. The molecule has 7 heteroatoms. The summed E-state index contributed by atoms with van der Waals surface area (Å²) in [5, 5.41) is 4.80. The average Bonchev–Trinajstić information content (AvgIpc) is 3.14. The third kappa shape index (κ3) is 2.70. The molecule has 1 N–H and O–H groups in total. The summed E-state index contributed by atoms with van der Waals surface area (Å²) in [7, 11) is 1.97. The fourth-order valence-electron chi connectivity index (χ4n) is 3.20. The molecule has 0 fully saturated rings. The van der Waals surface area contributed by atoms with E-state index in [9.17, 15) is 4.79 Å². The minimum atomic E-state index is -0.00456. The maximum Gasteiger partial charge on any atom is 0.259 e. The van der Waals surface area contributed by atoms with Crippen molar-refractivity contribution in [2.75, 3.05) is 7.05 Å². The molecule has 0 saturated carbocycles. The number of aromatic nitrogens is 3. The second kappa shape index (κ2) is 5.58. The molecular formula is C16H18N4O2S. The molecule has 23 heavy (non-hydrogen) atoms. The van der Waals surface area contributed by atoms with Crippen LogP contribution < -0.4 is 5.56 Å². The van der Waals surface area contributed by atoms with Gasteiger partial charge in [0.2, 0.25) is 0 Å². The first kappa shape index (κ1) is 14.6. The van der Waals surface area contributed by atoms with Gasteiger partial charge in [-0.2, -0.15) is 0 Å². The molecule has 6 nitrogen and oxygen atoms in total. The first-order valence-corrected chi connectivity index (χ1v) is 8.56. The molecule has 0 aliphatic heterocycles. The van der Waals surface area contributed by atoms with Gasteiger partial charge in [0, 0.05) is 17.5 Å². The predicted molar refractivity (Wildman–Crippen MR) is 88.7 cm³/mol. The quantitative estimate of drug-likeness (QED) is 0.795. The van der Waals surface area contributed by atoms with Crippen LogP contribution in [0.15, 0.2) is 15.4 Å². The van der Waals surface area contributed by atoms with Gasteiger partial charge in [-0.1, -0.05) is 5.16 Å². The van der Waals surface area contributed by atoms with E-state index in [-0.39, 0.29) is 5.56 Å². The summed E-state index contributed by atoms with van der Waals surface area (Å²) in [6.45, 7) is 3.10. The van der Waals surface area contributed by atoms with Crippen LogP contribution in [0.3, 0.4) is 0 Å². The molecule has 0 atom stereocenters. The summed E-state index contributed by atoms with van der Waals surface area (Å²) in [5.74, 6) is 1.50. The van der Waals surface area contributed by atoms with Crippen molar-refractivity contribution in [2.24, 2.45) is 0 Å². The standard InChI is InChI=1S/C16H18N4O2S/c1-9-6-10(19-22-9)7-20(2)8-13-17-15(21)14-11-4-3-5-12(11)23-16(14)18-13/h6H,3-5,7-8H2,1-2H3,(H,17,18,21). The van der Waals surface area contributed by atoms with Crippen LogP contribution in [0.25, 0.3) is 10.2 Å². The Morgan fingerprint density at radius 2 is 2.26 bits per heavy atom. The van der Waals surface area contributed by atoms with Crippen LogP contribution in [0, 0.1) is 6.92 Å². The number of aromatic amines is 1. The molecule has 120 valence electrons. The molecule has 4 rings (SSSR count). The number of H-pyrrole nitrogens is 1. The highest BCUT2D eigenvalue weighted by Gasteiger charge is 2.21. The van der Waals surface area contributed by atoms with E-state index in [0.717, 1.165) is 40.9 Å². The number of fused-ring (bicyclic) bond motifs is 3. The zero-order chi connectivity index (χ0) is 16.0. The number of nitrogens with zero attached hydrogens (tertiary/aromatic N) is 3. The molecule has 0 aromatic carbocycles. The normalized spacial score (nSPS) is 14.0. The Balaban J connectivity index is 1.58. The Labute approximate surface area is 137 Å². The van der Waals surface area contributed by atoms with Crippen molar-refractivity contribution in [3.8, 4) is 0 Å². The van der Waals surface area contributed by atoms with Gasteiger partial charge in [-0.25, -0.2) is 4.98 Å². The highest BCUT2D eigenvalue weighted by Crippen LogP contribution is 2.34. The van der Waals surface area contributed by atoms with Gasteiger partial charge in [0.15, 0.2) is 0 Å². The Bertz CT molecular complexity index is 924. The van der Waals surface area contributed by atoms with Crippen molar-refractivity contribution in [1.29, 1.82) is 0 Å². The number of thiophene rings is 1. The van der Waals surface area contributed by atoms with E-state index in [1.54, 1.807) is 11.3 Å². The minimum Gasteiger partial charge on any atom is -0.361 e. The van der Waals surface area contributed by atoms with E-state index < -0.39 is 0 Å². The summed E-state index contributed by atoms with van der Waals surface area (Å²) in [6, 6.07) is 1.92. The number of rotatable bonds is 4. The topological polar surface area (TPSA) is 75.0 Å². The average molecular weight is 330 g/mol. The summed E-state index contributed by atoms with van der Waals surface area (Å²) >= 11 is 1.67. The van der Waals surface area contributed by atoms with Gasteiger partial charge in [0.1, 0.15) is 16.4 Å². The van der Waals surface area contributed by atoms with Gasteiger partial charge >= 0.3 is 0 Å². The molecule has 3 aromatic heterocycles. The van der Waals surface area contributed by atoms with Crippen LogP contribution in [0.2, 0.25) is 0 Å². The van der Waals surface area contributed by atoms with E-state index in [1.165, 1.54) is 10.4 Å². The van der Waals surface area contributed by atoms with Crippen molar-refractivity contribution in [2.45, 2.75) is 39.3 Å². The molecule has 3 heterocycles. The van der Waals surface area contributed by atoms with Gasteiger partial charge in [-0.3, -0.25) is 9.69 Å². The van der Waals surface area contributed by atoms with Gasteiger partial charge in [0.25, 0.3) is 5.56 Å². The third-order valence-electron chi connectivity index (χ3n) is 4.15. The van der Waals surface area contributed by atoms with E-state index in [4.69, 9.17) is 4.52 Å². The van der Waals surface area contributed by atoms with Gasteiger partial charge in [-0.05, 0) is 38.8 Å². The molecule has 1 aliphatic rings. The van der Waals surface area contributed by atoms with Crippen LogP contribution in [0.4, 0.5) is 0 Å². The first-order chi connectivity index (χ1) is 11.1. The lowest BCUT2D eigenvalue weighted by atomic mass is 10.2. The fraction of sp³-hybridized carbons (Fsp3) is 0.438. The number of nitrogens with one attached hydrogen (secondary N) is 1. The van der Waals surface area contributed by atoms with Crippen LogP contribution in [-0.2, 0) is 25.9 Å². The van der Waals surface area contributed by atoms with Gasteiger partial charge in [-0.15, -0.1) is 11.3 Å². The zero-order valence-corrected chi connectivity index (χ0v) is 14.0. The highest BCUT2D eigenvalue weighted by molar-refractivity contribution is 7.18. The summed E-state index contributed by atoms with van der Waals surface area (Å²) in [4.78, 5) is 24.3. The molecule has 1 aliphatic carbocycles. The number of hydrogen-bond donors (Lipinski definition) is 1. The smallest absolute Gasteiger partial charge is 0.259 e. The molecule has 0 unspecified atom stereocenters. The maximum absolute atomic E-state index is 12.4. The van der Waals surface area contributed by atoms with Crippen molar-refractivity contribution in [3.05, 3.63) is 44.1 Å². The monoisotopic (exact) mass is 330 g/mol. The summed E-state index contributed by atoms with van der Waals surface area (Å²) in [6.07, 6.45) is 3.24. The lowest BCUT2D eigenvalue weighted by Crippen LogP contribution is -2.21. The SMILES string of the molecule is Cc1cc(CN(C)Cc2nc3sc4c(c3c(=O)[nH]2)CCC4)no1. The molecule has 0 saturated heterocycles. The van der Waals surface area contributed by atoms with Crippen molar-refractivity contribution < 1.29 is 4.52 Å². The van der Waals surface area contributed by atoms with Crippen molar-refractivity contribution >= 4 is 21.6 Å². The summed E-state index contributed by atoms with van der Waals surface area (Å²) in [5.41, 5.74) is 2.09.